The standard InChI is InChI=1S/C16H21N3O2/c1-12-7-8-19(14(10-12)15-4-3-9-21-15)11-13-5-6-16(20-2)18-17-13/h3-6,9,12,14H,7-8,10-11H2,1-2H3. The minimum atomic E-state index is 0.327. The molecule has 3 heterocycles. The lowest BCUT2D eigenvalue weighted by Crippen LogP contribution is -2.35. The van der Waals surface area contributed by atoms with Crippen molar-refractivity contribution in [2.75, 3.05) is 13.7 Å². The summed E-state index contributed by atoms with van der Waals surface area (Å²) in [5, 5.41) is 8.27. The zero-order valence-electron chi connectivity index (χ0n) is 12.5. The van der Waals surface area contributed by atoms with E-state index in [0.717, 1.165) is 36.9 Å². The molecular formula is C16H21N3O2. The molecule has 2 unspecified atom stereocenters. The van der Waals surface area contributed by atoms with Crippen molar-refractivity contribution < 1.29 is 9.15 Å². The van der Waals surface area contributed by atoms with Crippen LogP contribution in [-0.4, -0.2) is 28.8 Å². The van der Waals surface area contributed by atoms with Crippen LogP contribution >= 0.6 is 0 Å². The topological polar surface area (TPSA) is 51.4 Å². The second kappa shape index (κ2) is 6.26. The van der Waals surface area contributed by atoms with Crippen molar-refractivity contribution in [3.05, 3.63) is 42.0 Å². The van der Waals surface area contributed by atoms with Crippen molar-refractivity contribution >= 4 is 0 Å². The number of hydrogen-bond acceptors (Lipinski definition) is 5. The van der Waals surface area contributed by atoms with Crippen LogP contribution in [0.1, 0.15) is 37.3 Å². The van der Waals surface area contributed by atoms with Crippen molar-refractivity contribution in [3.8, 4) is 5.88 Å². The van der Waals surface area contributed by atoms with Gasteiger partial charge in [0.2, 0.25) is 5.88 Å². The Balaban J connectivity index is 1.75. The first-order chi connectivity index (χ1) is 10.3. The van der Waals surface area contributed by atoms with Crippen LogP contribution in [0.4, 0.5) is 0 Å². The summed E-state index contributed by atoms with van der Waals surface area (Å²) in [6.07, 6.45) is 4.08. The Labute approximate surface area is 124 Å². The molecule has 0 aromatic carbocycles. The summed E-state index contributed by atoms with van der Waals surface area (Å²) in [6.45, 7) is 4.15. The SMILES string of the molecule is COc1ccc(CN2CCC(C)CC2c2ccco2)nn1. The molecule has 5 heteroatoms. The average Bonchev–Trinajstić information content (AvgIpc) is 3.04. The van der Waals surface area contributed by atoms with Gasteiger partial charge in [0.05, 0.1) is 25.1 Å². The molecule has 1 aliphatic heterocycles. The number of rotatable bonds is 4. The van der Waals surface area contributed by atoms with Gasteiger partial charge in [-0.2, -0.15) is 5.10 Å². The Kier molecular flexibility index (Phi) is 4.20. The summed E-state index contributed by atoms with van der Waals surface area (Å²) in [5.41, 5.74) is 0.960. The third-order valence-electron chi connectivity index (χ3n) is 4.12. The zero-order valence-corrected chi connectivity index (χ0v) is 12.5. The van der Waals surface area contributed by atoms with Crippen molar-refractivity contribution in [1.29, 1.82) is 0 Å². The summed E-state index contributed by atoms with van der Waals surface area (Å²) in [4.78, 5) is 2.43. The van der Waals surface area contributed by atoms with Gasteiger partial charge < -0.3 is 9.15 Å². The first kappa shape index (κ1) is 14.1. The molecular weight excluding hydrogens is 266 g/mol. The van der Waals surface area contributed by atoms with Crippen molar-refractivity contribution in [2.45, 2.75) is 32.4 Å². The highest BCUT2D eigenvalue weighted by Crippen LogP contribution is 2.35. The second-order valence-corrected chi connectivity index (χ2v) is 5.70. The van der Waals surface area contributed by atoms with Crippen LogP contribution in [0, 0.1) is 5.92 Å². The molecule has 0 aliphatic carbocycles. The number of piperidine rings is 1. The fraction of sp³-hybridized carbons (Fsp3) is 0.500. The van der Waals surface area contributed by atoms with E-state index >= 15 is 0 Å². The van der Waals surface area contributed by atoms with E-state index in [4.69, 9.17) is 9.15 Å². The maximum absolute atomic E-state index is 5.63. The third kappa shape index (κ3) is 3.24. The van der Waals surface area contributed by atoms with Gasteiger partial charge >= 0.3 is 0 Å². The van der Waals surface area contributed by atoms with E-state index in [0.29, 0.717) is 11.9 Å². The van der Waals surface area contributed by atoms with E-state index in [-0.39, 0.29) is 0 Å². The highest BCUT2D eigenvalue weighted by Gasteiger charge is 2.29. The smallest absolute Gasteiger partial charge is 0.233 e. The van der Waals surface area contributed by atoms with Gasteiger partial charge in [-0.15, -0.1) is 5.10 Å². The number of nitrogens with zero attached hydrogens (tertiary/aromatic N) is 3. The fourth-order valence-corrected chi connectivity index (χ4v) is 2.91. The van der Waals surface area contributed by atoms with Gasteiger partial charge in [-0.25, -0.2) is 0 Å². The molecule has 3 rings (SSSR count). The number of ether oxygens (including phenoxy) is 1. The first-order valence-corrected chi connectivity index (χ1v) is 7.40. The van der Waals surface area contributed by atoms with Gasteiger partial charge in [0.25, 0.3) is 0 Å². The predicted octanol–water partition coefficient (Wildman–Crippen LogP) is 3.05. The monoisotopic (exact) mass is 287 g/mol. The van der Waals surface area contributed by atoms with Crippen LogP contribution in [0.3, 0.4) is 0 Å². The average molecular weight is 287 g/mol. The van der Waals surface area contributed by atoms with E-state index in [1.165, 1.54) is 6.42 Å². The van der Waals surface area contributed by atoms with Gasteiger partial charge in [-0.3, -0.25) is 4.90 Å². The number of likely N-dealkylation sites (tertiary alicyclic amines) is 1. The van der Waals surface area contributed by atoms with Crippen LogP contribution < -0.4 is 4.74 Å². The van der Waals surface area contributed by atoms with Crippen molar-refractivity contribution in [3.63, 3.8) is 0 Å². The van der Waals surface area contributed by atoms with Crippen molar-refractivity contribution in [1.82, 2.24) is 15.1 Å². The Hall–Kier alpha value is -1.88. The molecule has 0 saturated carbocycles. The van der Waals surface area contributed by atoms with E-state index in [2.05, 4.69) is 28.1 Å². The maximum atomic E-state index is 5.63. The number of methoxy groups -OCH3 is 1. The first-order valence-electron chi connectivity index (χ1n) is 7.40. The summed E-state index contributed by atoms with van der Waals surface area (Å²) in [7, 11) is 1.60. The molecule has 0 bridgehead atoms. The normalized spacial score (nSPS) is 23.1. The van der Waals surface area contributed by atoms with Gasteiger partial charge in [0.1, 0.15) is 5.76 Å². The Morgan fingerprint density at radius 1 is 1.33 bits per heavy atom. The second-order valence-electron chi connectivity index (χ2n) is 5.70. The molecule has 1 saturated heterocycles. The van der Waals surface area contributed by atoms with Crippen LogP contribution in [0.2, 0.25) is 0 Å². The molecule has 1 aliphatic rings. The van der Waals surface area contributed by atoms with Crippen LogP contribution in [0.5, 0.6) is 5.88 Å². The molecule has 112 valence electrons. The summed E-state index contributed by atoms with van der Waals surface area (Å²) in [5.74, 6) is 2.31. The lowest BCUT2D eigenvalue weighted by molar-refractivity contribution is 0.0928. The van der Waals surface area contributed by atoms with Gasteiger partial charge in [-0.05, 0) is 43.5 Å². The highest BCUT2D eigenvalue weighted by atomic mass is 16.5. The lowest BCUT2D eigenvalue weighted by atomic mass is 9.91. The van der Waals surface area contributed by atoms with E-state index in [9.17, 15) is 0 Å². The van der Waals surface area contributed by atoms with Crippen LogP contribution in [0.15, 0.2) is 34.9 Å². The lowest BCUT2D eigenvalue weighted by Gasteiger charge is -2.37. The molecule has 0 radical (unpaired) electrons. The Bertz CT molecular complexity index is 553. The van der Waals surface area contributed by atoms with Gasteiger partial charge in [0, 0.05) is 12.6 Å². The molecule has 0 N–H and O–H groups in total. The number of aromatic nitrogens is 2. The zero-order chi connectivity index (χ0) is 14.7. The minimum absolute atomic E-state index is 0.327. The van der Waals surface area contributed by atoms with Crippen LogP contribution in [0.25, 0.3) is 0 Å². The summed E-state index contributed by atoms with van der Waals surface area (Å²) in [6, 6.07) is 8.18. The number of furan rings is 1. The fourth-order valence-electron chi connectivity index (χ4n) is 2.91. The van der Waals surface area contributed by atoms with Gasteiger partial charge in [-0.1, -0.05) is 6.92 Å². The molecule has 1 fully saturated rings. The Morgan fingerprint density at radius 3 is 2.90 bits per heavy atom. The quantitative estimate of drug-likeness (QED) is 0.865. The molecule has 2 atom stereocenters. The molecule has 0 amide bonds. The molecule has 0 spiro atoms. The highest BCUT2D eigenvalue weighted by molar-refractivity contribution is 5.12. The molecule has 21 heavy (non-hydrogen) atoms. The largest absolute Gasteiger partial charge is 0.480 e. The molecule has 5 nitrogen and oxygen atoms in total. The predicted molar refractivity (Wildman–Crippen MR) is 78.8 cm³/mol. The number of hydrogen-bond donors (Lipinski definition) is 0. The van der Waals surface area contributed by atoms with Crippen LogP contribution in [-0.2, 0) is 6.54 Å². The minimum Gasteiger partial charge on any atom is -0.480 e. The van der Waals surface area contributed by atoms with E-state index in [1.807, 2.05) is 18.2 Å². The van der Waals surface area contributed by atoms with E-state index in [1.54, 1.807) is 13.4 Å². The van der Waals surface area contributed by atoms with Gasteiger partial charge in [0.15, 0.2) is 0 Å². The molecule has 2 aromatic heterocycles. The third-order valence-corrected chi connectivity index (χ3v) is 4.12. The summed E-state index contributed by atoms with van der Waals surface area (Å²) >= 11 is 0. The molecule has 2 aromatic rings. The van der Waals surface area contributed by atoms with E-state index < -0.39 is 0 Å². The van der Waals surface area contributed by atoms with Crippen molar-refractivity contribution in [2.24, 2.45) is 5.92 Å². The Morgan fingerprint density at radius 2 is 2.24 bits per heavy atom. The maximum Gasteiger partial charge on any atom is 0.233 e. The summed E-state index contributed by atoms with van der Waals surface area (Å²) < 4.78 is 10.7.